The summed E-state index contributed by atoms with van der Waals surface area (Å²) in [6.45, 7) is 20.0. The number of rotatable bonds is 7. The zero-order chi connectivity index (χ0) is 27.6. The van der Waals surface area contributed by atoms with Gasteiger partial charge in [-0.25, -0.2) is 0 Å². The van der Waals surface area contributed by atoms with Crippen LogP contribution in [-0.2, 0) is 19.1 Å². The Labute approximate surface area is 226 Å². The van der Waals surface area contributed by atoms with Crippen LogP contribution in [0.2, 0.25) is 0 Å². The molecular formula is C33H52O4. The molecule has 0 N–H and O–H groups in total. The van der Waals surface area contributed by atoms with Gasteiger partial charge in [0.05, 0.1) is 5.60 Å². The van der Waals surface area contributed by atoms with Gasteiger partial charge in [0.1, 0.15) is 11.9 Å². The van der Waals surface area contributed by atoms with Gasteiger partial charge in [0.15, 0.2) is 0 Å². The third-order valence-electron chi connectivity index (χ3n) is 11.9. The number of ketones is 1. The molecule has 2 saturated carbocycles. The Kier molecular flexibility index (Phi) is 7.22. The molecule has 4 rings (SSSR count). The van der Waals surface area contributed by atoms with E-state index in [-0.39, 0.29) is 45.3 Å². The molecule has 0 spiro atoms. The molecule has 0 aromatic carbocycles. The van der Waals surface area contributed by atoms with Crippen LogP contribution in [0, 0.1) is 39.4 Å². The highest BCUT2D eigenvalue weighted by Crippen LogP contribution is 2.73. The van der Waals surface area contributed by atoms with E-state index < -0.39 is 0 Å². The number of methoxy groups -OCH3 is 1. The van der Waals surface area contributed by atoms with E-state index in [0.29, 0.717) is 24.0 Å². The number of fused-ring (bicyclic) bond motifs is 5. The molecule has 0 radical (unpaired) electrons. The molecule has 0 bridgehead atoms. The van der Waals surface area contributed by atoms with Crippen LogP contribution in [0.1, 0.15) is 114 Å². The van der Waals surface area contributed by atoms with Gasteiger partial charge < -0.3 is 9.47 Å². The highest BCUT2D eigenvalue weighted by Gasteiger charge is 2.68. The van der Waals surface area contributed by atoms with Crippen molar-refractivity contribution in [1.29, 1.82) is 0 Å². The first kappa shape index (κ1) is 28.6. The molecule has 0 aliphatic heterocycles. The zero-order valence-corrected chi connectivity index (χ0v) is 25.3. The summed E-state index contributed by atoms with van der Waals surface area (Å²) in [6.07, 6.45) is 12.6. The standard InChI is InChI=1S/C33H52O4/c1-21(12-11-17-29(3,4)36-10)28-25(35)20-33(9)26-15-13-23-24(31(26,7)18-19-32(28,33)8)14-16-27(30(23,5)6)37-22(2)34/h13-14,21,26-28H,11-12,15-20H2,1-10H3/t21-,26?,27+,28+,31+,32-,33+/m1/s1. The van der Waals surface area contributed by atoms with Crippen molar-refractivity contribution in [2.24, 2.45) is 39.4 Å². The number of hydrogen-bond acceptors (Lipinski definition) is 4. The monoisotopic (exact) mass is 512 g/mol. The van der Waals surface area contributed by atoms with Crippen molar-refractivity contribution >= 4 is 11.8 Å². The summed E-state index contributed by atoms with van der Waals surface area (Å²) in [5.41, 5.74) is 2.59. The smallest absolute Gasteiger partial charge is 0.302 e. The molecule has 0 amide bonds. The molecule has 2 fully saturated rings. The number of allylic oxidation sites excluding steroid dienone is 2. The largest absolute Gasteiger partial charge is 0.461 e. The van der Waals surface area contributed by atoms with E-state index >= 15 is 0 Å². The summed E-state index contributed by atoms with van der Waals surface area (Å²) in [6, 6.07) is 0. The van der Waals surface area contributed by atoms with Gasteiger partial charge in [0.2, 0.25) is 0 Å². The minimum Gasteiger partial charge on any atom is -0.461 e. The lowest BCUT2D eigenvalue weighted by Gasteiger charge is -2.63. The fourth-order valence-electron chi connectivity index (χ4n) is 9.34. The van der Waals surface area contributed by atoms with Crippen LogP contribution in [0.5, 0.6) is 0 Å². The average Bonchev–Trinajstić information content (AvgIpc) is 3.00. The molecular weight excluding hydrogens is 460 g/mol. The van der Waals surface area contributed by atoms with Crippen LogP contribution < -0.4 is 0 Å². The Balaban J connectivity index is 1.62. The lowest BCUT2D eigenvalue weighted by atomic mass is 9.41. The third kappa shape index (κ3) is 4.38. The third-order valence-corrected chi connectivity index (χ3v) is 11.9. The van der Waals surface area contributed by atoms with Gasteiger partial charge in [0, 0.05) is 38.2 Å². The molecule has 0 saturated heterocycles. The van der Waals surface area contributed by atoms with Crippen molar-refractivity contribution in [2.75, 3.05) is 7.11 Å². The maximum absolute atomic E-state index is 13.8. The molecule has 0 aromatic rings. The Morgan fingerprint density at radius 3 is 2.32 bits per heavy atom. The first-order valence-corrected chi connectivity index (χ1v) is 14.7. The van der Waals surface area contributed by atoms with Gasteiger partial charge in [-0.05, 0) is 85.2 Å². The van der Waals surface area contributed by atoms with Gasteiger partial charge in [-0.1, -0.05) is 60.1 Å². The number of Topliss-reactive ketones (excluding diaryl/α,β-unsaturated/α-hetero) is 1. The molecule has 4 aliphatic carbocycles. The van der Waals surface area contributed by atoms with Crippen LogP contribution >= 0.6 is 0 Å². The lowest BCUT2D eigenvalue weighted by molar-refractivity contribution is -0.151. The van der Waals surface area contributed by atoms with Gasteiger partial charge in [-0.2, -0.15) is 0 Å². The molecule has 1 unspecified atom stereocenters. The van der Waals surface area contributed by atoms with Crippen LogP contribution in [0.4, 0.5) is 0 Å². The minimum atomic E-state index is -0.204. The van der Waals surface area contributed by atoms with E-state index in [4.69, 9.17) is 9.47 Å². The van der Waals surface area contributed by atoms with Crippen molar-refractivity contribution in [3.8, 4) is 0 Å². The van der Waals surface area contributed by atoms with Crippen LogP contribution in [0.25, 0.3) is 0 Å². The van der Waals surface area contributed by atoms with Crippen molar-refractivity contribution in [3.63, 3.8) is 0 Å². The summed E-state index contributed by atoms with van der Waals surface area (Å²) in [5.74, 6) is 1.28. The number of hydrogen-bond donors (Lipinski definition) is 0. The SMILES string of the molecule is COC(C)(C)CCC[C@@H](C)[C@H]1C(=O)C[C@@]2(C)C3CC=C4C(=CC[C@H](OC(C)=O)C4(C)C)[C@]3(C)CC[C@]12C. The molecule has 0 aromatic heterocycles. The molecule has 4 heteroatoms. The maximum Gasteiger partial charge on any atom is 0.302 e. The number of ether oxygens (including phenoxy) is 2. The van der Waals surface area contributed by atoms with Crippen molar-refractivity contribution in [1.82, 2.24) is 0 Å². The Morgan fingerprint density at radius 2 is 1.70 bits per heavy atom. The van der Waals surface area contributed by atoms with E-state index in [2.05, 4.69) is 67.5 Å². The second kappa shape index (κ2) is 9.35. The molecule has 7 atom stereocenters. The fourth-order valence-corrected chi connectivity index (χ4v) is 9.34. The first-order valence-electron chi connectivity index (χ1n) is 14.7. The van der Waals surface area contributed by atoms with E-state index in [1.54, 1.807) is 7.11 Å². The Bertz CT molecular complexity index is 1000. The van der Waals surface area contributed by atoms with E-state index in [1.807, 2.05) is 0 Å². The summed E-state index contributed by atoms with van der Waals surface area (Å²) in [4.78, 5) is 25.6. The molecule has 0 heterocycles. The first-order chi connectivity index (χ1) is 17.0. The number of carbonyl (C=O) groups is 2. The van der Waals surface area contributed by atoms with E-state index in [0.717, 1.165) is 44.9 Å². The summed E-state index contributed by atoms with van der Waals surface area (Å²) < 4.78 is 11.4. The molecule has 208 valence electrons. The number of esters is 1. The van der Waals surface area contributed by atoms with E-state index in [1.165, 1.54) is 18.1 Å². The van der Waals surface area contributed by atoms with Crippen LogP contribution in [-0.4, -0.2) is 30.6 Å². The van der Waals surface area contributed by atoms with E-state index in [9.17, 15) is 9.59 Å². The number of carbonyl (C=O) groups excluding carboxylic acids is 2. The van der Waals surface area contributed by atoms with Crippen molar-refractivity contribution < 1.29 is 19.1 Å². The molecule has 4 aliphatic rings. The summed E-state index contributed by atoms with van der Waals surface area (Å²) in [7, 11) is 1.79. The fraction of sp³-hybridized carbons (Fsp3) is 0.818. The summed E-state index contributed by atoms with van der Waals surface area (Å²) in [5, 5.41) is 0. The predicted molar refractivity (Wildman–Crippen MR) is 149 cm³/mol. The zero-order valence-electron chi connectivity index (χ0n) is 25.3. The van der Waals surface area contributed by atoms with Crippen molar-refractivity contribution in [2.45, 2.75) is 125 Å². The highest BCUT2D eigenvalue weighted by molar-refractivity contribution is 5.86. The van der Waals surface area contributed by atoms with Crippen LogP contribution in [0.3, 0.4) is 0 Å². The molecule has 37 heavy (non-hydrogen) atoms. The summed E-state index contributed by atoms with van der Waals surface area (Å²) >= 11 is 0. The predicted octanol–water partition coefficient (Wildman–Crippen LogP) is 7.85. The van der Waals surface area contributed by atoms with Crippen molar-refractivity contribution in [3.05, 3.63) is 23.3 Å². The minimum absolute atomic E-state index is 0.0123. The second-order valence-corrected chi connectivity index (χ2v) is 14.8. The average molecular weight is 513 g/mol. The normalized spacial score (nSPS) is 39.6. The Hall–Kier alpha value is -1.42. The maximum atomic E-state index is 13.8. The quantitative estimate of drug-likeness (QED) is 0.326. The van der Waals surface area contributed by atoms with Gasteiger partial charge in [0.25, 0.3) is 0 Å². The van der Waals surface area contributed by atoms with Gasteiger partial charge >= 0.3 is 5.97 Å². The molecule has 4 nitrogen and oxygen atoms in total. The lowest BCUT2D eigenvalue weighted by Crippen LogP contribution is -2.56. The Morgan fingerprint density at radius 1 is 1.05 bits per heavy atom. The van der Waals surface area contributed by atoms with Gasteiger partial charge in [-0.3, -0.25) is 9.59 Å². The highest BCUT2D eigenvalue weighted by atomic mass is 16.5. The second-order valence-electron chi connectivity index (χ2n) is 14.8. The van der Waals surface area contributed by atoms with Crippen LogP contribution in [0.15, 0.2) is 23.3 Å². The topological polar surface area (TPSA) is 52.6 Å². The van der Waals surface area contributed by atoms with Gasteiger partial charge in [-0.15, -0.1) is 0 Å².